The summed E-state index contributed by atoms with van der Waals surface area (Å²) in [5.74, 6) is 1.17. The molecule has 9 heteroatoms. The molecule has 9 nitrogen and oxygen atoms in total. The number of Topliss-reactive ketones (excluding diaryl/α,β-unsaturated/α-hetero) is 1. The van der Waals surface area contributed by atoms with Gasteiger partial charge in [-0.15, -0.1) is 0 Å². The van der Waals surface area contributed by atoms with Crippen LogP contribution in [0.5, 0.6) is 0 Å². The number of amides is 1. The zero-order valence-corrected chi connectivity index (χ0v) is 26.6. The van der Waals surface area contributed by atoms with Crippen molar-refractivity contribution in [2.75, 3.05) is 40.8 Å². The lowest BCUT2D eigenvalue weighted by molar-refractivity contribution is -0.149. The number of hydrogen-bond donors (Lipinski definition) is 1. The number of nitrogens with zero attached hydrogens (tertiary/aromatic N) is 2. The summed E-state index contributed by atoms with van der Waals surface area (Å²) in [7, 11) is 5.57. The van der Waals surface area contributed by atoms with Gasteiger partial charge < -0.3 is 29.1 Å². The van der Waals surface area contributed by atoms with Crippen LogP contribution < -0.4 is 0 Å². The molecule has 1 amide bonds. The summed E-state index contributed by atoms with van der Waals surface area (Å²) in [5, 5.41) is 12.0. The Kier molecular flexibility index (Phi) is 8.20. The Bertz CT molecular complexity index is 1210. The van der Waals surface area contributed by atoms with E-state index in [1.807, 2.05) is 19.0 Å². The predicted molar refractivity (Wildman–Crippen MR) is 159 cm³/mol. The summed E-state index contributed by atoms with van der Waals surface area (Å²) in [6.07, 6.45) is 9.59. The molecule has 43 heavy (non-hydrogen) atoms. The monoisotopic (exact) mass is 598 g/mol. The zero-order chi connectivity index (χ0) is 30.7. The molecule has 4 fully saturated rings. The lowest BCUT2D eigenvalue weighted by atomic mass is 9.46. The average molecular weight is 599 g/mol. The first-order chi connectivity index (χ1) is 20.4. The number of fused-ring (bicyclic) bond motifs is 6. The second-order valence-electron chi connectivity index (χ2n) is 14.9. The van der Waals surface area contributed by atoms with Crippen molar-refractivity contribution >= 4 is 17.7 Å². The number of carbonyl (C=O) groups is 3. The highest BCUT2D eigenvalue weighted by atomic mass is 16.7. The molecule has 0 aromatic heterocycles. The molecule has 3 unspecified atom stereocenters. The number of allylic oxidation sites excluding steroid dienone is 2. The maximum absolute atomic E-state index is 13.6. The van der Waals surface area contributed by atoms with Crippen LogP contribution in [0.15, 0.2) is 23.2 Å². The number of carbonyl (C=O) groups excluding carboxylic acids is 3. The summed E-state index contributed by atoms with van der Waals surface area (Å²) >= 11 is 0. The van der Waals surface area contributed by atoms with Gasteiger partial charge in [-0.25, -0.2) is 4.79 Å². The second-order valence-corrected chi connectivity index (χ2v) is 14.9. The SMILES string of the molecule is CN(C)CCN(C)C(=O)OCC(=O)[C@H]1CCC2C3CCC4=CC(=O)C5=C(O[C@@H](C6CCCCC6)O5)[C@]4(C)C3[C@@H](O)C[C@@]21C. The van der Waals surface area contributed by atoms with Crippen molar-refractivity contribution in [2.45, 2.75) is 90.4 Å². The first-order valence-corrected chi connectivity index (χ1v) is 16.5. The second kappa shape index (κ2) is 11.5. The molecule has 5 aliphatic carbocycles. The van der Waals surface area contributed by atoms with Gasteiger partial charge in [-0.1, -0.05) is 31.8 Å². The summed E-state index contributed by atoms with van der Waals surface area (Å²) < 4.78 is 18.4. The fourth-order valence-corrected chi connectivity index (χ4v) is 9.91. The molecule has 4 saturated carbocycles. The van der Waals surface area contributed by atoms with E-state index in [0.717, 1.165) is 56.9 Å². The Morgan fingerprint density at radius 3 is 2.49 bits per heavy atom. The van der Waals surface area contributed by atoms with E-state index in [1.54, 1.807) is 13.1 Å². The van der Waals surface area contributed by atoms with E-state index in [-0.39, 0.29) is 53.2 Å². The number of rotatable bonds is 7. The standard InChI is InChI=1S/C34H50N2O7/c1-33-18-26(38)28-22(23(33)13-14-24(33)27(39)19-41-32(40)36(5)16-15-35(3)4)12-11-21-17-25(37)29-30(34(21,28)2)43-31(42-29)20-9-7-6-8-10-20/h17,20,22-24,26,28,31,38H,6-16,18-19H2,1-5H3/t22?,23?,24-,26+,28?,31+,33+,34+/m1/s1. The molecular weight excluding hydrogens is 548 g/mol. The van der Waals surface area contributed by atoms with Crippen LogP contribution in [-0.2, 0) is 23.8 Å². The van der Waals surface area contributed by atoms with Crippen molar-refractivity contribution in [3.05, 3.63) is 23.2 Å². The third kappa shape index (κ3) is 5.12. The maximum Gasteiger partial charge on any atom is 0.409 e. The van der Waals surface area contributed by atoms with Crippen molar-refractivity contribution in [2.24, 2.45) is 40.4 Å². The molecule has 0 saturated heterocycles. The Morgan fingerprint density at radius 1 is 1.02 bits per heavy atom. The Hall–Kier alpha value is -2.39. The molecule has 238 valence electrons. The Labute approximate surface area is 256 Å². The van der Waals surface area contributed by atoms with Gasteiger partial charge in [-0.2, -0.15) is 0 Å². The largest absolute Gasteiger partial charge is 0.454 e. The van der Waals surface area contributed by atoms with Crippen LogP contribution in [0.1, 0.15) is 78.1 Å². The van der Waals surface area contributed by atoms with Gasteiger partial charge in [0, 0.05) is 37.9 Å². The lowest BCUT2D eigenvalue weighted by Crippen LogP contribution is -2.57. The minimum absolute atomic E-state index is 0.0521. The molecule has 0 radical (unpaired) electrons. The number of ketones is 2. The molecule has 6 rings (SSSR count). The first-order valence-electron chi connectivity index (χ1n) is 16.5. The van der Waals surface area contributed by atoms with Gasteiger partial charge in [0.1, 0.15) is 0 Å². The van der Waals surface area contributed by atoms with Crippen LogP contribution >= 0.6 is 0 Å². The predicted octanol–water partition coefficient (Wildman–Crippen LogP) is 4.69. The molecule has 6 aliphatic rings. The first kappa shape index (κ1) is 30.6. The molecule has 1 heterocycles. The molecule has 8 atom stereocenters. The molecule has 1 N–H and O–H groups in total. The Morgan fingerprint density at radius 2 is 1.77 bits per heavy atom. The van der Waals surface area contributed by atoms with Gasteiger partial charge in [0.25, 0.3) is 0 Å². The van der Waals surface area contributed by atoms with E-state index >= 15 is 0 Å². The topological polar surface area (TPSA) is 106 Å². The van der Waals surface area contributed by atoms with E-state index in [9.17, 15) is 19.5 Å². The highest BCUT2D eigenvalue weighted by Gasteiger charge is 2.66. The number of aliphatic hydroxyl groups excluding tert-OH is 1. The molecule has 0 aromatic rings. The van der Waals surface area contributed by atoms with Gasteiger partial charge >= 0.3 is 6.09 Å². The molecule has 0 aromatic carbocycles. The van der Waals surface area contributed by atoms with Gasteiger partial charge in [0.15, 0.2) is 18.1 Å². The summed E-state index contributed by atoms with van der Waals surface area (Å²) in [4.78, 5) is 42.8. The number of hydrogen-bond acceptors (Lipinski definition) is 8. The highest BCUT2D eigenvalue weighted by Crippen LogP contribution is 2.68. The van der Waals surface area contributed by atoms with E-state index in [1.165, 1.54) is 11.3 Å². The lowest BCUT2D eigenvalue weighted by Gasteiger charge is -2.59. The third-order valence-corrected chi connectivity index (χ3v) is 12.2. The van der Waals surface area contributed by atoms with Crippen LogP contribution in [0.2, 0.25) is 0 Å². The van der Waals surface area contributed by atoms with Gasteiger partial charge in [0.2, 0.25) is 17.8 Å². The fourth-order valence-electron chi connectivity index (χ4n) is 9.91. The van der Waals surface area contributed by atoms with E-state index in [2.05, 4.69) is 13.8 Å². The van der Waals surface area contributed by atoms with Gasteiger partial charge in [-0.3, -0.25) is 9.59 Å². The quantitative estimate of drug-likeness (QED) is 0.450. The van der Waals surface area contributed by atoms with Crippen molar-refractivity contribution < 1.29 is 33.7 Å². The highest BCUT2D eigenvalue weighted by molar-refractivity contribution is 6.05. The third-order valence-electron chi connectivity index (χ3n) is 12.2. The van der Waals surface area contributed by atoms with Gasteiger partial charge in [0.05, 0.1) is 11.5 Å². The average Bonchev–Trinajstić information content (AvgIpc) is 3.58. The molecule has 0 bridgehead atoms. The van der Waals surface area contributed by atoms with Crippen LogP contribution in [0.25, 0.3) is 0 Å². The van der Waals surface area contributed by atoms with E-state index < -0.39 is 23.9 Å². The molecular formula is C34H50N2O7. The van der Waals surface area contributed by atoms with Crippen LogP contribution in [0.4, 0.5) is 4.79 Å². The van der Waals surface area contributed by atoms with Crippen molar-refractivity contribution in [1.29, 1.82) is 0 Å². The normalized spacial score (nSPS) is 38.8. The van der Waals surface area contributed by atoms with Crippen LogP contribution in [0, 0.1) is 40.4 Å². The van der Waals surface area contributed by atoms with Crippen LogP contribution in [0.3, 0.4) is 0 Å². The Balaban J connectivity index is 1.18. The number of likely N-dealkylation sites (N-methyl/N-ethyl adjacent to an activating group) is 2. The fraction of sp³-hybridized carbons (Fsp3) is 0.794. The minimum atomic E-state index is -0.660. The summed E-state index contributed by atoms with van der Waals surface area (Å²) in [6.45, 7) is 5.31. The number of aliphatic hydroxyl groups is 1. The number of ether oxygens (including phenoxy) is 3. The van der Waals surface area contributed by atoms with E-state index in [4.69, 9.17) is 14.2 Å². The van der Waals surface area contributed by atoms with Crippen molar-refractivity contribution in [3.63, 3.8) is 0 Å². The van der Waals surface area contributed by atoms with Crippen molar-refractivity contribution in [1.82, 2.24) is 9.80 Å². The summed E-state index contributed by atoms with van der Waals surface area (Å²) in [5.41, 5.74) is 0.0621. The van der Waals surface area contributed by atoms with Gasteiger partial charge in [-0.05, 0) is 89.3 Å². The molecule has 1 aliphatic heterocycles. The molecule has 0 spiro atoms. The van der Waals surface area contributed by atoms with E-state index in [0.29, 0.717) is 31.0 Å². The smallest absolute Gasteiger partial charge is 0.409 e. The minimum Gasteiger partial charge on any atom is -0.454 e. The van der Waals surface area contributed by atoms with Crippen molar-refractivity contribution in [3.8, 4) is 0 Å². The maximum atomic E-state index is 13.6. The van der Waals surface area contributed by atoms with Crippen LogP contribution in [-0.4, -0.2) is 85.8 Å². The zero-order valence-electron chi connectivity index (χ0n) is 26.6. The summed E-state index contributed by atoms with van der Waals surface area (Å²) in [6, 6.07) is 0.